The first-order valence-electron chi connectivity index (χ1n) is 7.73. The van der Waals surface area contributed by atoms with Gasteiger partial charge in [-0.3, -0.25) is 0 Å². The van der Waals surface area contributed by atoms with E-state index in [4.69, 9.17) is 4.74 Å². The zero-order valence-electron chi connectivity index (χ0n) is 12.3. The van der Waals surface area contributed by atoms with E-state index in [0.29, 0.717) is 12.1 Å². The zero-order chi connectivity index (χ0) is 14.4. The number of aliphatic hydroxyl groups is 1. The van der Waals surface area contributed by atoms with Gasteiger partial charge < -0.3 is 15.2 Å². The minimum atomic E-state index is -0.675. The normalized spacial score (nSPS) is 31.5. The molecule has 2 saturated heterocycles. The molecule has 2 aliphatic heterocycles. The Labute approximate surface area is 124 Å². The van der Waals surface area contributed by atoms with Gasteiger partial charge in [-0.2, -0.15) is 0 Å². The molecule has 0 spiro atoms. The predicted molar refractivity (Wildman–Crippen MR) is 83.6 cm³/mol. The molecule has 0 amide bonds. The predicted octanol–water partition coefficient (Wildman–Crippen LogP) is 2.95. The molecule has 2 bridgehead atoms. The lowest BCUT2D eigenvalue weighted by atomic mass is 9.81. The lowest BCUT2D eigenvalue weighted by molar-refractivity contribution is -0.0113. The maximum Gasteiger partial charge on any atom is 0.119 e. The zero-order valence-corrected chi connectivity index (χ0v) is 12.3. The van der Waals surface area contributed by atoms with Crippen molar-refractivity contribution < 1.29 is 9.84 Å². The minimum Gasteiger partial charge on any atom is -0.497 e. The topological polar surface area (TPSA) is 41.5 Å². The Kier molecular flexibility index (Phi) is 2.95. The van der Waals surface area contributed by atoms with Crippen LogP contribution in [0.5, 0.6) is 5.75 Å². The number of hydrogen-bond acceptors (Lipinski definition) is 3. The van der Waals surface area contributed by atoms with Crippen LogP contribution in [0.1, 0.15) is 31.2 Å². The van der Waals surface area contributed by atoms with E-state index in [9.17, 15) is 5.11 Å². The number of hydrogen-bond donors (Lipinski definition) is 2. The maximum absolute atomic E-state index is 11.1. The second-order valence-corrected chi connectivity index (χ2v) is 6.51. The number of methoxy groups -OCH3 is 1. The summed E-state index contributed by atoms with van der Waals surface area (Å²) in [7, 11) is 1.68. The molecule has 4 rings (SSSR count). The molecule has 2 atom stereocenters. The molecule has 2 heterocycles. The average molecular weight is 283 g/mol. The van der Waals surface area contributed by atoms with Crippen LogP contribution in [0.3, 0.4) is 0 Å². The second-order valence-electron chi connectivity index (χ2n) is 6.51. The van der Waals surface area contributed by atoms with Gasteiger partial charge in [0.25, 0.3) is 0 Å². The third-order valence-corrected chi connectivity index (χ3v) is 5.09. The summed E-state index contributed by atoms with van der Waals surface area (Å²) < 4.78 is 5.27. The number of fused-ring (bicyclic) bond motifs is 3. The molecule has 21 heavy (non-hydrogen) atoms. The van der Waals surface area contributed by atoms with E-state index in [2.05, 4.69) is 29.6 Å². The molecule has 2 N–H and O–H groups in total. The summed E-state index contributed by atoms with van der Waals surface area (Å²) in [5.41, 5.74) is 0.379. The molecule has 110 valence electrons. The van der Waals surface area contributed by atoms with Gasteiger partial charge in [-0.05, 0) is 60.2 Å². The fraction of sp³-hybridized carbons (Fsp3) is 0.444. The summed E-state index contributed by atoms with van der Waals surface area (Å²) in [5.74, 6) is 0.869. The second kappa shape index (κ2) is 4.72. The van der Waals surface area contributed by atoms with Crippen LogP contribution in [0.25, 0.3) is 10.8 Å². The number of rotatable bonds is 2. The largest absolute Gasteiger partial charge is 0.497 e. The Morgan fingerprint density at radius 1 is 1.05 bits per heavy atom. The molecular formula is C18H21NO2. The van der Waals surface area contributed by atoms with Crippen molar-refractivity contribution in [3.8, 4) is 5.75 Å². The van der Waals surface area contributed by atoms with Gasteiger partial charge in [0.05, 0.1) is 12.7 Å². The van der Waals surface area contributed by atoms with Crippen molar-refractivity contribution >= 4 is 10.8 Å². The Balaban J connectivity index is 1.73. The molecular weight excluding hydrogens is 262 g/mol. The molecule has 0 aliphatic carbocycles. The highest BCUT2D eigenvalue weighted by Crippen LogP contribution is 2.41. The van der Waals surface area contributed by atoms with Crippen LogP contribution in [0.2, 0.25) is 0 Å². The highest BCUT2D eigenvalue weighted by atomic mass is 16.5. The Bertz CT molecular complexity index is 670. The van der Waals surface area contributed by atoms with Crippen molar-refractivity contribution in [2.75, 3.05) is 7.11 Å². The van der Waals surface area contributed by atoms with Crippen molar-refractivity contribution in [3.05, 3.63) is 42.0 Å². The molecule has 2 fully saturated rings. The fourth-order valence-electron chi connectivity index (χ4n) is 4.00. The molecule has 0 aromatic heterocycles. The monoisotopic (exact) mass is 283 g/mol. The first-order valence-corrected chi connectivity index (χ1v) is 7.73. The molecule has 2 aliphatic rings. The average Bonchev–Trinajstić information content (AvgIpc) is 2.85. The molecule has 3 nitrogen and oxygen atoms in total. The molecule has 3 heteroatoms. The van der Waals surface area contributed by atoms with Gasteiger partial charge in [-0.1, -0.05) is 18.2 Å². The standard InChI is InChI=1S/C18H21NO2/c1-21-17-7-3-12-8-14(4-2-13(12)9-17)18(20)10-15-5-6-16(11-18)19-15/h2-4,7-9,15-16,19-20H,5-6,10-11H2,1H3. The van der Waals surface area contributed by atoms with Gasteiger partial charge in [-0.25, -0.2) is 0 Å². The van der Waals surface area contributed by atoms with Crippen molar-refractivity contribution in [1.82, 2.24) is 5.32 Å². The van der Waals surface area contributed by atoms with Crippen LogP contribution >= 0.6 is 0 Å². The van der Waals surface area contributed by atoms with E-state index in [-0.39, 0.29) is 0 Å². The molecule has 2 unspecified atom stereocenters. The third kappa shape index (κ3) is 2.21. The highest BCUT2D eigenvalue weighted by Gasteiger charge is 2.43. The third-order valence-electron chi connectivity index (χ3n) is 5.09. The SMILES string of the molecule is COc1ccc2cc(C3(O)CC4CCC(C3)N4)ccc2c1. The first kappa shape index (κ1) is 13.1. The summed E-state index contributed by atoms with van der Waals surface area (Å²) in [5, 5.41) is 17.0. The summed E-state index contributed by atoms with van der Waals surface area (Å²) in [6.45, 7) is 0. The van der Waals surface area contributed by atoms with Crippen LogP contribution in [-0.4, -0.2) is 24.3 Å². The lowest BCUT2D eigenvalue weighted by Gasteiger charge is -2.37. The summed E-state index contributed by atoms with van der Waals surface area (Å²) in [6.07, 6.45) is 4.03. The Hall–Kier alpha value is -1.58. The van der Waals surface area contributed by atoms with E-state index in [1.807, 2.05) is 12.1 Å². The fourth-order valence-corrected chi connectivity index (χ4v) is 4.00. The number of ether oxygens (including phenoxy) is 1. The molecule has 0 radical (unpaired) electrons. The van der Waals surface area contributed by atoms with Crippen molar-refractivity contribution in [3.63, 3.8) is 0 Å². The molecule has 0 saturated carbocycles. The van der Waals surface area contributed by atoms with E-state index in [1.165, 1.54) is 12.8 Å². The van der Waals surface area contributed by atoms with Crippen molar-refractivity contribution in [2.45, 2.75) is 43.4 Å². The molecule has 2 aromatic rings. The van der Waals surface area contributed by atoms with Gasteiger partial charge >= 0.3 is 0 Å². The van der Waals surface area contributed by atoms with Gasteiger partial charge in [0.1, 0.15) is 5.75 Å². The Morgan fingerprint density at radius 3 is 2.43 bits per heavy atom. The summed E-state index contributed by atoms with van der Waals surface area (Å²) in [6, 6.07) is 13.3. The van der Waals surface area contributed by atoms with E-state index >= 15 is 0 Å². The van der Waals surface area contributed by atoms with Crippen LogP contribution in [0, 0.1) is 0 Å². The summed E-state index contributed by atoms with van der Waals surface area (Å²) in [4.78, 5) is 0. The lowest BCUT2D eigenvalue weighted by Crippen LogP contribution is -2.46. The number of nitrogens with one attached hydrogen (secondary N) is 1. The molecule has 2 aromatic carbocycles. The number of piperidine rings is 1. The van der Waals surface area contributed by atoms with Crippen molar-refractivity contribution in [2.24, 2.45) is 0 Å². The highest BCUT2D eigenvalue weighted by molar-refractivity contribution is 5.84. The Morgan fingerprint density at radius 2 is 1.71 bits per heavy atom. The first-order chi connectivity index (χ1) is 10.2. The minimum absolute atomic E-state index is 0.473. The van der Waals surface area contributed by atoms with Crippen molar-refractivity contribution in [1.29, 1.82) is 0 Å². The van der Waals surface area contributed by atoms with Gasteiger partial charge in [-0.15, -0.1) is 0 Å². The van der Waals surface area contributed by atoms with Crippen LogP contribution in [0.4, 0.5) is 0 Å². The van der Waals surface area contributed by atoms with E-state index in [0.717, 1.165) is 34.9 Å². The van der Waals surface area contributed by atoms with E-state index in [1.54, 1.807) is 7.11 Å². The van der Waals surface area contributed by atoms with Gasteiger partial charge in [0, 0.05) is 12.1 Å². The smallest absolute Gasteiger partial charge is 0.119 e. The van der Waals surface area contributed by atoms with E-state index < -0.39 is 5.60 Å². The number of benzene rings is 2. The van der Waals surface area contributed by atoms with Crippen LogP contribution < -0.4 is 10.1 Å². The quantitative estimate of drug-likeness (QED) is 0.890. The van der Waals surface area contributed by atoms with Crippen LogP contribution in [-0.2, 0) is 5.60 Å². The summed E-state index contributed by atoms with van der Waals surface area (Å²) >= 11 is 0. The van der Waals surface area contributed by atoms with Gasteiger partial charge in [0.2, 0.25) is 0 Å². The van der Waals surface area contributed by atoms with Crippen LogP contribution in [0.15, 0.2) is 36.4 Å². The van der Waals surface area contributed by atoms with Gasteiger partial charge in [0.15, 0.2) is 0 Å². The maximum atomic E-state index is 11.1.